The highest BCUT2D eigenvalue weighted by Gasteiger charge is 2.08. The number of ketones is 1. The minimum atomic E-state index is -0.0365. The molecule has 63 valence electrons. The fourth-order valence-corrected chi connectivity index (χ4v) is 1.10. The third-order valence-corrected chi connectivity index (χ3v) is 1.77. The number of rotatable bonds is 2. The molecule has 1 radical (unpaired) electrons. The molecule has 0 amide bonds. The van der Waals surface area contributed by atoms with E-state index in [1.165, 1.54) is 12.3 Å². The van der Waals surface area contributed by atoms with Crippen molar-refractivity contribution in [1.82, 2.24) is 0 Å². The summed E-state index contributed by atoms with van der Waals surface area (Å²) in [5.74, 6) is -0.0365. The van der Waals surface area contributed by atoms with Crippen molar-refractivity contribution in [3.05, 3.63) is 60.1 Å². The Bertz CT molecular complexity index is 387. The predicted molar refractivity (Wildman–Crippen MR) is 47.4 cm³/mol. The summed E-state index contributed by atoms with van der Waals surface area (Å²) in [6, 6.07) is 10.6. The molecule has 2 nitrogen and oxygen atoms in total. The van der Waals surface area contributed by atoms with E-state index in [1.54, 1.807) is 12.1 Å². The molecule has 1 aromatic carbocycles. The Labute approximate surface area is 75.8 Å². The van der Waals surface area contributed by atoms with Gasteiger partial charge in [-0.3, -0.25) is 4.79 Å². The van der Waals surface area contributed by atoms with Crippen LogP contribution in [0.5, 0.6) is 0 Å². The molecule has 0 fully saturated rings. The van der Waals surface area contributed by atoms with Gasteiger partial charge < -0.3 is 4.42 Å². The summed E-state index contributed by atoms with van der Waals surface area (Å²) in [5.41, 5.74) is 1.20. The maximum atomic E-state index is 11.6. The lowest BCUT2D eigenvalue weighted by molar-refractivity contribution is 0.103. The second-order valence-electron chi connectivity index (χ2n) is 2.65. The van der Waals surface area contributed by atoms with Gasteiger partial charge in [-0.1, -0.05) is 30.3 Å². The maximum Gasteiger partial charge on any atom is 0.196 e. The van der Waals surface area contributed by atoms with Gasteiger partial charge in [-0.15, -0.1) is 0 Å². The first-order valence-corrected chi connectivity index (χ1v) is 3.92. The number of benzene rings is 1. The monoisotopic (exact) mass is 171 g/mol. The Balaban J connectivity index is 2.34. The molecule has 0 aliphatic rings. The molecule has 0 unspecified atom stereocenters. The molecular formula is C11H7O2. The summed E-state index contributed by atoms with van der Waals surface area (Å²) >= 11 is 0. The van der Waals surface area contributed by atoms with Gasteiger partial charge >= 0.3 is 0 Å². The first-order valence-electron chi connectivity index (χ1n) is 3.92. The summed E-state index contributed by atoms with van der Waals surface area (Å²) < 4.78 is 4.71. The number of hydrogen-bond acceptors (Lipinski definition) is 2. The van der Waals surface area contributed by atoms with Crippen LogP contribution in [0, 0.1) is 6.26 Å². The van der Waals surface area contributed by atoms with E-state index in [2.05, 4.69) is 6.26 Å². The van der Waals surface area contributed by atoms with Gasteiger partial charge in [0.1, 0.15) is 6.26 Å². The van der Waals surface area contributed by atoms with Crippen LogP contribution in [-0.4, -0.2) is 5.78 Å². The summed E-state index contributed by atoms with van der Waals surface area (Å²) in [6.45, 7) is 0. The van der Waals surface area contributed by atoms with Crippen molar-refractivity contribution in [2.75, 3.05) is 0 Å². The average molecular weight is 171 g/mol. The highest BCUT2D eigenvalue weighted by atomic mass is 16.3. The van der Waals surface area contributed by atoms with Gasteiger partial charge in [-0.2, -0.15) is 0 Å². The van der Waals surface area contributed by atoms with Crippen molar-refractivity contribution < 1.29 is 9.21 Å². The van der Waals surface area contributed by atoms with E-state index in [-0.39, 0.29) is 5.78 Å². The lowest BCUT2D eigenvalue weighted by atomic mass is 10.1. The summed E-state index contributed by atoms with van der Waals surface area (Å²) in [5, 5.41) is 0. The van der Waals surface area contributed by atoms with Gasteiger partial charge in [0.15, 0.2) is 12.0 Å². The normalized spacial score (nSPS) is 9.85. The average Bonchev–Trinajstić information content (AvgIpc) is 2.71. The van der Waals surface area contributed by atoms with E-state index in [0.29, 0.717) is 11.1 Å². The Morgan fingerprint density at radius 3 is 2.54 bits per heavy atom. The van der Waals surface area contributed by atoms with Gasteiger partial charge in [0, 0.05) is 5.56 Å². The SMILES string of the molecule is O=C(c1ccccc1)c1c[c]oc1. The first-order chi connectivity index (χ1) is 6.38. The first kappa shape index (κ1) is 7.80. The number of furan rings is 1. The molecule has 0 saturated heterocycles. The zero-order chi connectivity index (χ0) is 9.10. The van der Waals surface area contributed by atoms with Crippen molar-refractivity contribution >= 4 is 5.78 Å². The third kappa shape index (κ3) is 1.51. The Morgan fingerprint density at radius 2 is 1.92 bits per heavy atom. The van der Waals surface area contributed by atoms with E-state index in [0.717, 1.165) is 0 Å². The van der Waals surface area contributed by atoms with E-state index in [4.69, 9.17) is 4.42 Å². The maximum absolute atomic E-state index is 11.6. The van der Waals surface area contributed by atoms with Gasteiger partial charge in [0.2, 0.25) is 0 Å². The van der Waals surface area contributed by atoms with Crippen LogP contribution in [0.15, 0.2) is 47.1 Å². The largest absolute Gasteiger partial charge is 0.460 e. The molecule has 2 rings (SSSR count). The molecule has 0 spiro atoms. The summed E-state index contributed by atoms with van der Waals surface area (Å²) in [6.07, 6.45) is 3.88. The fraction of sp³-hybridized carbons (Fsp3) is 0. The zero-order valence-electron chi connectivity index (χ0n) is 6.86. The second kappa shape index (κ2) is 3.27. The van der Waals surface area contributed by atoms with Crippen LogP contribution in [0.25, 0.3) is 0 Å². The van der Waals surface area contributed by atoms with Crippen molar-refractivity contribution in [3.8, 4) is 0 Å². The molecule has 1 heterocycles. The molecule has 0 atom stereocenters. The fourth-order valence-electron chi connectivity index (χ4n) is 1.10. The minimum absolute atomic E-state index is 0.0365. The number of hydrogen-bond donors (Lipinski definition) is 0. The molecule has 0 N–H and O–H groups in total. The van der Waals surface area contributed by atoms with Crippen LogP contribution in [-0.2, 0) is 0 Å². The highest BCUT2D eigenvalue weighted by Crippen LogP contribution is 2.08. The van der Waals surface area contributed by atoms with Crippen molar-refractivity contribution in [3.63, 3.8) is 0 Å². The van der Waals surface area contributed by atoms with Crippen LogP contribution in [0.1, 0.15) is 15.9 Å². The number of carbonyl (C=O) groups excluding carboxylic acids is 1. The molecule has 2 aromatic rings. The van der Waals surface area contributed by atoms with Crippen LogP contribution in [0.4, 0.5) is 0 Å². The minimum Gasteiger partial charge on any atom is -0.460 e. The standard InChI is InChI=1S/C11H7O2/c12-11(10-6-7-13-8-10)9-4-2-1-3-5-9/h1-6,8H. The van der Waals surface area contributed by atoms with Crippen LogP contribution >= 0.6 is 0 Å². The van der Waals surface area contributed by atoms with Crippen LogP contribution in [0.3, 0.4) is 0 Å². The van der Waals surface area contributed by atoms with Crippen molar-refractivity contribution in [2.24, 2.45) is 0 Å². The van der Waals surface area contributed by atoms with Gasteiger partial charge in [0.25, 0.3) is 0 Å². The van der Waals surface area contributed by atoms with Crippen LogP contribution in [0.2, 0.25) is 0 Å². The molecule has 0 bridgehead atoms. The molecule has 0 aliphatic carbocycles. The molecule has 13 heavy (non-hydrogen) atoms. The smallest absolute Gasteiger partial charge is 0.196 e. The molecule has 2 heteroatoms. The van der Waals surface area contributed by atoms with E-state index in [1.807, 2.05) is 18.2 Å². The molecule has 0 aliphatic heterocycles. The van der Waals surface area contributed by atoms with Gasteiger partial charge in [0.05, 0.1) is 5.56 Å². The van der Waals surface area contributed by atoms with Crippen molar-refractivity contribution in [2.45, 2.75) is 0 Å². The van der Waals surface area contributed by atoms with E-state index < -0.39 is 0 Å². The lowest BCUT2D eigenvalue weighted by Crippen LogP contribution is -1.98. The molecular weight excluding hydrogens is 164 g/mol. The van der Waals surface area contributed by atoms with E-state index >= 15 is 0 Å². The second-order valence-corrected chi connectivity index (χ2v) is 2.65. The number of carbonyl (C=O) groups is 1. The van der Waals surface area contributed by atoms with Gasteiger partial charge in [-0.25, -0.2) is 0 Å². The summed E-state index contributed by atoms with van der Waals surface area (Å²) in [4.78, 5) is 11.6. The molecule has 1 aromatic heterocycles. The topological polar surface area (TPSA) is 30.2 Å². The predicted octanol–water partition coefficient (Wildman–Crippen LogP) is 2.31. The third-order valence-electron chi connectivity index (χ3n) is 1.77. The lowest BCUT2D eigenvalue weighted by Gasteiger charge is -1.95. The Kier molecular flexibility index (Phi) is 1.96. The zero-order valence-corrected chi connectivity index (χ0v) is 6.86. The molecule has 0 saturated carbocycles. The Hall–Kier alpha value is -1.83. The van der Waals surface area contributed by atoms with Gasteiger partial charge in [-0.05, 0) is 6.07 Å². The summed E-state index contributed by atoms with van der Waals surface area (Å²) in [7, 11) is 0. The quantitative estimate of drug-likeness (QED) is 0.649. The van der Waals surface area contributed by atoms with Crippen LogP contribution < -0.4 is 0 Å². The highest BCUT2D eigenvalue weighted by molar-refractivity contribution is 6.08. The van der Waals surface area contributed by atoms with Crippen molar-refractivity contribution in [1.29, 1.82) is 0 Å². The Morgan fingerprint density at radius 1 is 1.15 bits per heavy atom. The van der Waals surface area contributed by atoms with E-state index in [9.17, 15) is 4.79 Å².